The molecule has 1 aromatic heterocycles. The Morgan fingerprint density at radius 1 is 1.43 bits per heavy atom. The second kappa shape index (κ2) is 4.56. The highest BCUT2D eigenvalue weighted by molar-refractivity contribution is 5.93. The Morgan fingerprint density at radius 3 is 2.71 bits per heavy atom. The smallest absolute Gasteiger partial charge is 0.270 e. The van der Waals surface area contributed by atoms with Crippen molar-refractivity contribution in [1.29, 1.82) is 0 Å². The molecule has 1 aromatic carbocycles. The van der Waals surface area contributed by atoms with Gasteiger partial charge in [-0.05, 0) is 18.9 Å². The van der Waals surface area contributed by atoms with Gasteiger partial charge in [0.1, 0.15) is 0 Å². The van der Waals surface area contributed by atoms with Gasteiger partial charge in [-0.1, -0.05) is 0 Å². The molecule has 1 saturated carbocycles. The lowest BCUT2D eigenvalue weighted by Crippen LogP contribution is -2.27. The fourth-order valence-electron chi connectivity index (χ4n) is 2.43. The Hall–Kier alpha value is -2.41. The van der Waals surface area contributed by atoms with Gasteiger partial charge in [-0.15, -0.1) is 0 Å². The quantitative estimate of drug-likeness (QED) is 0.654. The molecule has 0 radical (unpaired) electrons. The summed E-state index contributed by atoms with van der Waals surface area (Å²) in [7, 11) is 1.62. The number of benzene rings is 1. The van der Waals surface area contributed by atoms with Crippen molar-refractivity contribution in [2.24, 2.45) is 7.05 Å². The summed E-state index contributed by atoms with van der Waals surface area (Å²) in [5.74, 6) is 0. The number of nitro benzene ring substituents is 1. The summed E-state index contributed by atoms with van der Waals surface area (Å²) in [5.41, 5.74) is 0.516. The van der Waals surface area contributed by atoms with Crippen molar-refractivity contribution in [2.45, 2.75) is 18.4 Å². The molecule has 0 bridgehead atoms. The van der Waals surface area contributed by atoms with Crippen molar-refractivity contribution >= 4 is 22.3 Å². The summed E-state index contributed by atoms with van der Waals surface area (Å²) in [6.07, 6.45) is 1.63. The van der Waals surface area contributed by atoms with Crippen LogP contribution in [0.2, 0.25) is 0 Å². The largest absolute Gasteiger partial charge is 0.394 e. The molecule has 2 N–H and O–H groups in total. The number of aromatic nitrogens is 1. The Labute approximate surface area is 120 Å². The average molecular weight is 289 g/mol. The van der Waals surface area contributed by atoms with Gasteiger partial charge in [-0.2, -0.15) is 0 Å². The maximum absolute atomic E-state index is 12.0. The van der Waals surface area contributed by atoms with E-state index >= 15 is 0 Å². The highest BCUT2D eigenvalue weighted by Gasteiger charge is 2.42. The van der Waals surface area contributed by atoms with E-state index in [1.54, 1.807) is 13.1 Å². The molecule has 0 atom stereocenters. The van der Waals surface area contributed by atoms with Crippen molar-refractivity contribution in [1.82, 2.24) is 4.57 Å². The number of fused-ring (bicyclic) bond motifs is 1. The highest BCUT2D eigenvalue weighted by Crippen LogP contribution is 2.40. The molecular weight excluding hydrogens is 274 g/mol. The number of aryl methyl sites for hydroxylation is 1. The van der Waals surface area contributed by atoms with Crippen LogP contribution in [0.3, 0.4) is 0 Å². The van der Waals surface area contributed by atoms with E-state index in [1.807, 2.05) is 0 Å². The number of anilines is 1. The van der Waals surface area contributed by atoms with Crippen LogP contribution < -0.4 is 10.9 Å². The third kappa shape index (κ3) is 2.25. The van der Waals surface area contributed by atoms with Crippen molar-refractivity contribution in [3.8, 4) is 0 Å². The lowest BCUT2D eigenvalue weighted by atomic mass is 10.1. The van der Waals surface area contributed by atoms with Crippen LogP contribution >= 0.6 is 0 Å². The van der Waals surface area contributed by atoms with Gasteiger partial charge in [0.25, 0.3) is 11.2 Å². The highest BCUT2D eigenvalue weighted by atomic mass is 16.6. The fraction of sp³-hybridized carbons (Fsp3) is 0.357. The summed E-state index contributed by atoms with van der Waals surface area (Å²) >= 11 is 0. The number of pyridine rings is 1. The van der Waals surface area contributed by atoms with E-state index < -0.39 is 10.5 Å². The van der Waals surface area contributed by atoms with Gasteiger partial charge in [-0.3, -0.25) is 14.9 Å². The molecule has 0 unspecified atom stereocenters. The zero-order chi connectivity index (χ0) is 15.2. The zero-order valence-electron chi connectivity index (χ0n) is 11.5. The van der Waals surface area contributed by atoms with Gasteiger partial charge < -0.3 is 15.0 Å². The molecule has 0 amide bonds. The Bertz CT molecular complexity index is 793. The van der Waals surface area contributed by atoms with E-state index in [0.717, 1.165) is 12.8 Å². The van der Waals surface area contributed by atoms with Crippen LogP contribution in [-0.4, -0.2) is 26.7 Å². The number of hydrogen-bond acceptors (Lipinski definition) is 5. The van der Waals surface area contributed by atoms with Gasteiger partial charge in [0.2, 0.25) is 0 Å². The normalized spacial score (nSPS) is 15.9. The van der Waals surface area contributed by atoms with E-state index in [4.69, 9.17) is 0 Å². The van der Waals surface area contributed by atoms with Gasteiger partial charge in [0, 0.05) is 36.3 Å². The van der Waals surface area contributed by atoms with Crippen LogP contribution in [0, 0.1) is 10.1 Å². The van der Waals surface area contributed by atoms with E-state index in [2.05, 4.69) is 5.32 Å². The van der Waals surface area contributed by atoms with E-state index in [1.165, 1.54) is 22.8 Å². The number of rotatable bonds is 4. The molecular formula is C14H15N3O4. The number of aliphatic hydroxyl groups is 1. The molecule has 1 aliphatic rings. The fourth-order valence-corrected chi connectivity index (χ4v) is 2.43. The predicted octanol–water partition coefficient (Wildman–Crippen LogP) is 1.38. The summed E-state index contributed by atoms with van der Waals surface area (Å²) in [6.45, 7) is -0.0291. The predicted molar refractivity (Wildman–Crippen MR) is 78.5 cm³/mol. The van der Waals surface area contributed by atoms with Crippen LogP contribution in [0.4, 0.5) is 11.4 Å². The van der Waals surface area contributed by atoms with E-state index in [-0.39, 0.29) is 17.9 Å². The van der Waals surface area contributed by atoms with Crippen LogP contribution in [0.25, 0.3) is 10.9 Å². The van der Waals surface area contributed by atoms with Crippen molar-refractivity contribution in [2.75, 3.05) is 11.9 Å². The van der Waals surface area contributed by atoms with Crippen molar-refractivity contribution in [3.05, 3.63) is 44.7 Å². The summed E-state index contributed by atoms with van der Waals surface area (Å²) < 4.78 is 1.45. The first kappa shape index (κ1) is 13.6. The molecule has 2 aromatic rings. The second-order valence-corrected chi connectivity index (χ2v) is 5.48. The first-order chi connectivity index (χ1) is 9.96. The number of aliphatic hydroxyl groups excluding tert-OH is 1. The van der Waals surface area contributed by atoms with Crippen molar-refractivity contribution in [3.63, 3.8) is 0 Å². The standard InChI is InChI=1S/C14H15N3O4/c1-16-12-3-2-9(17(20)21)6-10(12)11(7-13(16)19)15-14(8-18)4-5-14/h2-3,6-7,15,18H,4-5,8H2,1H3. The molecule has 21 heavy (non-hydrogen) atoms. The van der Waals surface area contributed by atoms with Crippen LogP contribution in [0.5, 0.6) is 0 Å². The molecule has 1 heterocycles. The number of hydrogen-bond donors (Lipinski definition) is 2. The summed E-state index contributed by atoms with van der Waals surface area (Å²) in [4.78, 5) is 22.5. The van der Waals surface area contributed by atoms with E-state index in [0.29, 0.717) is 16.6 Å². The number of nitrogens with zero attached hydrogens (tertiary/aromatic N) is 2. The minimum absolute atomic E-state index is 0.0291. The molecule has 0 spiro atoms. The maximum Gasteiger partial charge on any atom is 0.270 e. The van der Waals surface area contributed by atoms with Crippen molar-refractivity contribution < 1.29 is 10.0 Å². The van der Waals surface area contributed by atoms with Gasteiger partial charge in [0.15, 0.2) is 0 Å². The summed E-state index contributed by atoms with van der Waals surface area (Å²) in [5, 5.41) is 24.1. The summed E-state index contributed by atoms with van der Waals surface area (Å²) in [6, 6.07) is 5.81. The first-order valence-corrected chi connectivity index (χ1v) is 6.63. The Morgan fingerprint density at radius 2 is 2.14 bits per heavy atom. The third-order valence-electron chi connectivity index (χ3n) is 4.00. The SMILES string of the molecule is Cn1c(=O)cc(NC2(CO)CC2)c2cc([N+](=O)[O-])ccc21. The lowest BCUT2D eigenvalue weighted by molar-refractivity contribution is -0.384. The number of nitrogens with one attached hydrogen (secondary N) is 1. The number of nitro groups is 1. The molecule has 3 rings (SSSR count). The topological polar surface area (TPSA) is 97.4 Å². The minimum Gasteiger partial charge on any atom is -0.394 e. The second-order valence-electron chi connectivity index (χ2n) is 5.48. The van der Waals surface area contributed by atoms with Gasteiger partial charge >= 0.3 is 0 Å². The lowest BCUT2D eigenvalue weighted by Gasteiger charge is -2.18. The Balaban J connectivity index is 2.21. The molecule has 110 valence electrons. The van der Waals surface area contributed by atoms with Crippen LogP contribution in [-0.2, 0) is 7.05 Å². The molecule has 7 nitrogen and oxygen atoms in total. The average Bonchev–Trinajstić information content (AvgIpc) is 3.24. The van der Waals surface area contributed by atoms with Crippen LogP contribution in [0.15, 0.2) is 29.1 Å². The Kier molecular flexibility index (Phi) is 2.94. The number of non-ortho nitro benzene ring substituents is 1. The molecule has 7 heteroatoms. The molecule has 1 aliphatic carbocycles. The zero-order valence-corrected chi connectivity index (χ0v) is 11.5. The maximum atomic E-state index is 12.0. The molecule has 0 aliphatic heterocycles. The molecule has 1 fully saturated rings. The van der Waals surface area contributed by atoms with E-state index in [9.17, 15) is 20.0 Å². The third-order valence-corrected chi connectivity index (χ3v) is 4.00. The van der Waals surface area contributed by atoms with Crippen LogP contribution in [0.1, 0.15) is 12.8 Å². The first-order valence-electron chi connectivity index (χ1n) is 6.63. The van der Waals surface area contributed by atoms with Gasteiger partial charge in [0.05, 0.1) is 22.6 Å². The molecule has 0 saturated heterocycles. The minimum atomic E-state index is -0.465. The monoisotopic (exact) mass is 289 g/mol. The van der Waals surface area contributed by atoms with Gasteiger partial charge in [-0.25, -0.2) is 0 Å².